The van der Waals surface area contributed by atoms with Crippen molar-refractivity contribution in [3.63, 3.8) is 0 Å². The van der Waals surface area contributed by atoms with Crippen molar-refractivity contribution in [2.45, 2.75) is 0 Å². The van der Waals surface area contributed by atoms with Crippen LogP contribution in [0, 0.1) is 11.3 Å². The first-order valence-corrected chi connectivity index (χ1v) is 12.8. The minimum Gasteiger partial charge on any atom is -0.495 e. The van der Waals surface area contributed by atoms with Gasteiger partial charge in [-0.05, 0) is 54.6 Å². The number of nitrogens with zero attached hydrogens (tertiary/aromatic N) is 2. The first kappa shape index (κ1) is 25.6. The molecule has 3 aromatic carbocycles. The Hall–Kier alpha value is -4.53. The third-order valence-electron chi connectivity index (χ3n) is 5.63. The molecule has 11 heteroatoms. The molecule has 0 saturated carbocycles. The number of carbonyl (C=O) groups is 1. The van der Waals surface area contributed by atoms with E-state index in [9.17, 15) is 23.4 Å². The van der Waals surface area contributed by atoms with Crippen LogP contribution in [0.15, 0.2) is 65.1 Å². The van der Waals surface area contributed by atoms with Crippen molar-refractivity contribution in [3.05, 3.63) is 71.8 Å². The van der Waals surface area contributed by atoms with Crippen molar-refractivity contribution in [2.24, 2.45) is 0 Å². The average Bonchev–Trinajstić information content (AvgIpc) is 3.25. The number of nitriles is 1. The summed E-state index contributed by atoms with van der Waals surface area (Å²) in [5.41, 5.74) is 2.72. The summed E-state index contributed by atoms with van der Waals surface area (Å²) in [4.78, 5) is 12.2. The summed E-state index contributed by atoms with van der Waals surface area (Å²) in [7, 11) is -2.44. The molecule has 10 nitrogen and oxygen atoms in total. The topological polar surface area (TPSA) is 153 Å². The lowest BCUT2D eigenvalue weighted by atomic mass is 10.0. The van der Waals surface area contributed by atoms with Crippen LogP contribution < -0.4 is 14.4 Å². The molecule has 0 saturated heterocycles. The fraction of sp³-hybridized carbons (Fsp3) is 0.154. The molecule has 0 bridgehead atoms. The number of carboxylic acid groups (broad SMARTS) is 1. The molecule has 0 radical (unpaired) electrons. The van der Waals surface area contributed by atoms with Gasteiger partial charge in [0.2, 0.25) is 10.0 Å². The van der Waals surface area contributed by atoms with E-state index in [1.165, 1.54) is 19.2 Å². The van der Waals surface area contributed by atoms with Crippen LogP contribution in [0.5, 0.6) is 5.75 Å². The van der Waals surface area contributed by atoms with Gasteiger partial charge in [-0.15, -0.1) is 0 Å². The van der Waals surface area contributed by atoms with Gasteiger partial charge in [0, 0.05) is 28.4 Å². The monoisotopic (exact) mass is 521 g/mol. The van der Waals surface area contributed by atoms with E-state index in [0.29, 0.717) is 11.1 Å². The number of hydrogen-bond acceptors (Lipinski definition) is 8. The molecule has 1 aromatic heterocycles. The van der Waals surface area contributed by atoms with Gasteiger partial charge in [-0.25, -0.2) is 13.2 Å². The zero-order valence-electron chi connectivity index (χ0n) is 19.9. The van der Waals surface area contributed by atoms with E-state index < -0.39 is 22.6 Å². The molecule has 1 heterocycles. The summed E-state index contributed by atoms with van der Waals surface area (Å²) < 4.78 is 36.9. The second-order valence-corrected chi connectivity index (χ2v) is 9.99. The summed E-state index contributed by atoms with van der Waals surface area (Å²) >= 11 is 0. The predicted octanol–water partition coefficient (Wildman–Crippen LogP) is 4.18. The lowest BCUT2D eigenvalue weighted by Crippen LogP contribution is -2.32. The highest BCUT2D eigenvalue weighted by atomic mass is 32.2. The van der Waals surface area contributed by atoms with Gasteiger partial charge in [0.15, 0.2) is 0 Å². The Bertz CT molecular complexity index is 1600. The van der Waals surface area contributed by atoms with Gasteiger partial charge >= 0.3 is 5.97 Å². The Morgan fingerprint density at radius 3 is 2.24 bits per heavy atom. The number of fused-ring (bicyclic) bond motifs is 1. The highest BCUT2D eigenvalue weighted by molar-refractivity contribution is 7.92. The third-order valence-corrected chi connectivity index (χ3v) is 6.81. The number of furan rings is 1. The minimum atomic E-state index is -3.78. The predicted molar refractivity (Wildman–Crippen MR) is 139 cm³/mol. The number of sulfonamides is 1. The van der Waals surface area contributed by atoms with Crippen LogP contribution >= 0.6 is 0 Å². The van der Waals surface area contributed by atoms with Gasteiger partial charge in [0.1, 0.15) is 22.7 Å². The molecule has 190 valence electrons. The van der Waals surface area contributed by atoms with E-state index in [2.05, 4.69) is 11.4 Å². The van der Waals surface area contributed by atoms with Gasteiger partial charge in [-0.1, -0.05) is 0 Å². The number of benzene rings is 3. The normalized spacial score (nSPS) is 11.2. The first-order valence-electron chi connectivity index (χ1n) is 11.0. The van der Waals surface area contributed by atoms with E-state index in [1.807, 2.05) is 0 Å². The van der Waals surface area contributed by atoms with Crippen molar-refractivity contribution < 1.29 is 32.6 Å². The fourth-order valence-electron chi connectivity index (χ4n) is 3.94. The summed E-state index contributed by atoms with van der Waals surface area (Å²) in [5, 5.41) is 31.7. The van der Waals surface area contributed by atoms with Crippen LogP contribution in [0.25, 0.3) is 22.3 Å². The molecule has 0 aliphatic heterocycles. The van der Waals surface area contributed by atoms with E-state index in [-0.39, 0.29) is 40.3 Å². The molecule has 0 fully saturated rings. The minimum absolute atomic E-state index is 0.0966. The number of rotatable bonds is 9. The van der Waals surface area contributed by atoms with E-state index >= 15 is 0 Å². The lowest BCUT2D eigenvalue weighted by molar-refractivity contribution is 0.0699. The molecule has 37 heavy (non-hydrogen) atoms. The average molecular weight is 522 g/mol. The Morgan fingerprint density at radius 2 is 1.73 bits per heavy atom. The maximum Gasteiger partial charge on any atom is 0.340 e. The van der Waals surface area contributed by atoms with Gasteiger partial charge in [0.05, 0.1) is 43.8 Å². The number of methoxy groups -OCH3 is 1. The van der Waals surface area contributed by atoms with Gasteiger partial charge < -0.3 is 24.7 Å². The molecule has 0 aliphatic carbocycles. The van der Waals surface area contributed by atoms with Gasteiger partial charge in [0.25, 0.3) is 0 Å². The van der Waals surface area contributed by atoms with Crippen LogP contribution in [0.2, 0.25) is 0 Å². The van der Waals surface area contributed by atoms with Crippen LogP contribution in [-0.2, 0) is 10.0 Å². The molecular formula is C26H23N3O7S. The maximum absolute atomic E-state index is 12.3. The highest BCUT2D eigenvalue weighted by Crippen LogP contribution is 2.41. The third kappa shape index (κ3) is 5.20. The Labute approximate surface area is 213 Å². The Kier molecular flexibility index (Phi) is 7.06. The van der Waals surface area contributed by atoms with Crippen molar-refractivity contribution in [1.82, 2.24) is 0 Å². The first-order chi connectivity index (χ1) is 17.7. The standard InChI is InChI=1S/C26H23N3O7S/c1-35-23-13-20-22(14-21(23)29(11-12-30)37(2,33)34)36-25(24(20)26(31)32)17-5-9-19(10-6-17)28-18-7-3-16(15-27)4-8-18/h3-10,13-14,28,30H,11-12H2,1-2H3,(H,31,32). The number of aliphatic hydroxyl groups is 1. The van der Waals surface area contributed by atoms with Gasteiger partial charge in [-0.2, -0.15) is 5.26 Å². The van der Waals surface area contributed by atoms with E-state index in [0.717, 1.165) is 21.9 Å². The van der Waals surface area contributed by atoms with Crippen LogP contribution in [0.4, 0.5) is 17.1 Å². The maximum atomic E-state index is 12.3. The van der Waals surface area contributed by atoms with Crippen molar-refractivity contribution in [3.8, 4) is 23.1 Å². The summed E-state index contributed by atoms with van der Waals surface area (Å²) in [6, 6.07) is 18.7. The smallest absolute Gasteiger partial charge is 0.340 e. The Balaban J connectivity index is 1.77. The summed E-state index contributed by atoms with van der Waals surface area (Å²) in [6.07, 6.45) is 0.996. The molecule has 0 spiro atoms. The van der Waals surface area contributed by atoms with Crippen LogP contribution in [0.3, 0.4) is 0 Å². The number of anilines is 3. The number of carboxylic acids is 1. The molecule has 0 amide bonds. The number of aliphatic hydroxyl groups excluding tert-OH is 1. The van der Waals surface area contributed by atoms with Gasteiger partial charge in [-0.3, -0.25) is 4.31 Å². The zero-order valence-corrected chi connectivity index (χ0v) is 20.7. The Morgan fingerprint density at radius 1 is 1.11 bits per heavy atom. The second kappa shape index (κ2) is 10.2. The lowest BCUT2D eigenvalue weighted by Gasteiger charge is -2.23. The quantitative estimate of drug-likeness (QED) is 0.294. The van der Waals surface area contributed by atoms with Crippen molar-refractivity contribution in [2.75, 3.05) is 36.1 Å². The van der Waals surface area contributed by atoms with E-state index in [1.54, 1.807) is 48.5 Å². The second-order valence-electron chi connectivity index (χ2n) is 8.08. The summed E-state index contributed by atoms with van der Waals surface area (Å²) in [5.74, 6) is -1.01. The highest BCUT2D eigenvalue weighted by Gasteiger charge is 2.27. The summed E-state index contributed by atoms with van der Waals surface area (Å²) in [6.45, 7) is -0.644. The SMILES string of the molecule is COc1cc2c(C(=O)O)c(-c3ccc(Nc4ccc(C#N)cc4)cc3)oc2cc1N(CCO)S(C)(=O)=O. The molecule has 0 unspecified atom stereocenters. The molecule has 0 aliphatic rings. The molecule has 0 atom stereocenters. The molecule has 4 aromatic rings. The number of aromatic carboxylic acids is 1. The van der Waals surface area contributed by atoms with Crippen LogP contribution in [0.1, 0.15) is 15.9 Å². The number of nitrogens with one attached hydrogen (secondary N) is 1. The molecule has 3 N–H and O–H groups in total. The van der Waals surface area contributed by atoms with Crippen molar-refractivity contribution in [1.29, 1.82) is 5.26 Å². The van der Waals surface area contributed by atoms with Crippen molar-refractivity contribution >= 4 is 44.0 Å². The van der Waals surface area contributed by atoms with E-state index in [4.69, 9.17) is 14.4 Å². The molecule has 4 rings (SSSR count). The number of ether oxygens (including phenoxy) is 1. The zero-order chi connectivity index (χ0) is 26.7. The molecular weight excluding hydrogens is 498 g/mol. The number of hydrogen-bond donors (Lipinski definition) is 3. The fourth-order valence-corrected chi connectivity index (χ4v) is 4.86. The van der Waals surface area contributed by atoms with Crippen LogP contribution in [-0.4, -0.2) is 51.1 Å². The largest absolute Gasteiger partial charge is 0.495 e.